The molecule has 0 aromatic rings. The molecule has 40 valence electrons. The number of carbonyl (C=O) groups is 1. The van der Waals surface area contributed by atoms with Crippen LogP contribution in [-0.2, 0) is 4.79 Å². The zero-order chi connectivity index (χ0) is 5.70. The van der Waals surface area contributed by atoms with Gasteiger partial charge in [0.05, 0.1) is 6.33 Å². The molecule has 1 N–H and O–H groups in total. The Labute approximate surface area is 45.9 Å². The van der Waals surface area contributed by atoms with Gasteiger partial charge in [0.25, 0.3) is 5.91 Å². The highest BCUT2D eigenvalue weighted by Crippen LogP contribution is 1.72. The van der Waals surface area contributed by atoms with Crippen molar-refractivity contribution in [2.45, 2.75) is 0 Å². The largest absolute Gasteiger partial charge is 0.299 e. The second kappa shape index (κ2) is 3.67. The van der Waals surface area contributed by atoms with E-state index in [1.54, 1.807) is 0 Å². The fourth-order valence-corrected chi connectivity index (χ4v) is 0.169. The third kappa shape index (κ3) is 3.32. The molecule has 0 bridgehead atoms. The molecule has 0 aliphatic heterocycles. The quantitative estimate of drug-likeness (QED) is 0.382. The first-order chi connectivity index (χ1) is 3.31. The van der Waals surface area contributed by atoms with Crippen LogP contribution in [0.25, 0.3) is 0 Å². The van der Waals surface area contributed by atoms with Gasteiger partial charge in [-0.05, 0) is 0 Å². The Balaban J connectivity index is 3.37. The monoisotopic (exact) mass is 121 g/mol. The molecule has 1 amide bonds. The van der Waals surface area contributed by atoms with Crippen LogP contribution in [0, 0.1) is 0 Å². The van der Waals surface area contributed by atoms with Gasteiger partial charge in [0.15, 0.2) is 0 Å². The predicted octanol–water partition coefficient (Wildman–Crippen LogP) is 0.431. The molecule has 0 unspecified atom stereocenters. The maximum Gasteiger partial charge on any atom is 0.255 e. The zero-order valence-electron chi connectivity index (χ0n) is 3.39. The summed E-state index contributed by atoms with van der Waals surface area (Å²) in [5.74, 6) is -0.564. The molecular formula is C3H4FNOS. The molecule has 0 aliphatic carbocycles. The molecule has 0 radical (unpaired) electrons. The van der Waals surface area contributed by atoms with Crippen molar-refractivity contribution in [2.75, 3.05) is 0 Å². The number of thiol groups is 1. The Morgan fingerprint density at radius 1 is 1.86 bits per heavy atom. The normalized spacial score (nSPS) is 9.43. The van der Waals surface area contributed by atoms with Gasteiger partial charge in [-0.15, -0.1) is 0 Å². The lowest BCUT2D eigenvalue weighted by molar-refractivity contribution is -0.114. The standard InChI is InChI=1S/C3H4FNOS/c4-2-1-3(6)5-7/h1-2,7H,(H,5,6)/b2-1-. The molecule has 0 heterocycles. The van der Waals surface area contributed by atoms with Crippen molar-refractivity contribution in [3.05, 3.63) is 12.4 Å². The van der Waals surface area contributed by atoms with Crippen molar-refractivity contribution < 1.29 is 9.18 Å². The second-order valence-electron chi connectivity index (χ2n) is 0.769. The number of amides is 1. The molecule has 2 nitrogen and oxygen atoms in total. The second-order valence-corrected chi connectivity index (χ2v) is 0.992. The summed E-state index contributed by atoms with van der Waals surface area (Å²) in [6, 6.07) is 0. The van der Waals surface area contributed by atoms with Crippen molar-refractivity contribution in [3.63, 3.8) is 0 Å². The summed E-state index contributed by atoms with van der Waals surface area (Å²) in [7, 11) is 0. The molecule has 0 fully saturated rings. The van der Waals surface area contributed by atoms with E-state index in [1.165, 1.54) is 0 Å². The van der Waals surface area contributed by atoms with Gasteiger partial charge in [-0.3, -0.25) is 9.52 Å². The summed E-state index contributed by atoms with van der Waals surface area (Å²) in [5, 5.41) is 0. The van der Waals surface area contributed by atoms with Crippen LogP contribution in [0.2, 0.25) is 0 Å². The molecule has 0 aromatic heterocycles. The van der Waals surface area contributed by atoms with Crippen molar-refractivity contribution in [2.24, 2.45) is 0 Å². The Hall–Kier alpha value is -0.510. The van der Waals surface area contributed by atoms with Crippen LogP contribution in [0.15, 0.2) is 12.4 Å². The molecular weight excluding hydrogens is 117 g/mol. The highest BCUT2D eigenvalue weighted by Gasteiger charge is 1.83. The van der Waals surface area contributed by atoms with E-state index in [1.807, 2.05) is 4.72 Å². The van der Waals surface area contributed by atoms with Gasteiger partial charge in [0.1, 0.15) is 0 Å². The SMILES string of the molecule is O=C(/C=C\F)NS. The maximum absolute atomic E-state index is 11.0. The van der Waals surface area contributed by atoms with E-state index in [0.29, 0.717) is 0 Å². The van der Waals surface area contributed by atoms with E-state index < -0.39 is 5.91 Å². The molecule has 7 heavy (non-hydrogen) atoms. The van der Waals surface area contributed by atoms with Crippen LogP contribution in [-0.4, -0.2) is 5.91 Å². The number of nitrogens with one attached hydrogen (secondary N) is 1. The van der Waals surface area contributed by atoms with Crippen LogP contribution in [0.1, 0.15) is 0 Å². The minimum atomic E-state index is -0.564. The van der Waals surface area contributed by atoms with Gasteiger partial charge in [-0.25, -0.2) is 4.39 Å². The van der Waals surface area contributed by atoms with Crippen LogP contribution in [0.3, 0.4) is 0 Å². The van der Waals surface area contributed by atoms with Gasteiger partial charge >= 0.3 is 0 Å². The maximum atomic E-state index is 11.0. The van der Waals surface area contributed by atoms with Crippen molar-refractivity contribution in [1.82, 2.24) is 4.72 Å². The van der Waals surface area contributed by atoms with Crippen molar-refractivity contribution in [3.8, 4) is 0 Å². The first-order valence-electron chi connectivity index (χ1n) is 1.52. The Morgan fingerprint density at radius 3 is 2.57 bits per heavy atom. The third-order valence-electron chi connectivity index (χ3n) is 0.325. The summed E-state index contributed by atoms with van der Waals surface area (Å²) in [6.07, 6.45) is 0.874. The highest BCUT2D eigenvalue weighted by molar-refractivity contribution is 7.78. The average molecular weight is 121 g/mol. The number of hydrogen-bond donors (Lipinski definition) is 2. The van der Waals surface area contributed by atoms with Gasteiger partial charge in [-0.2, -0.15) is 0 Å². The summed E-state index contributed by atoms with van der Waals surface area (Å²) >= 11 is 3.33. The Morgan fingerprint density at radius 2 is 2.43 bits per heavy atom. The van der Waals surface area contributed by atoms with Crippen LogP contribution < -0.4 is 4.72 Å². The van der Waals surface area contributed by atoms with E-state index in [2.05, 4.69) is 12.8 Å². The van der Waals surface area contributed by atoms with E-state index in [9.17, 15) is 9.18 Å². The molecule has 0 spiro atoms. The minimum Gasteiger partial charge on any atom is -0.299 e. The van der Waals surface area contributed by atoms with Crippen molar-refractivity contribution >= 4 is 18.7 Å². The third-order valence-corrected chi connectivity index (χ3v) is 0.545. The molecule has 0 saturated carbocycles. The summed E-state index contributed by atoms with van der Waals surface area (Å²) in [4.78, 5) is 9.90. The number of carbonyl (C=O) groups excluding carboxylic acids is 1. The first-order valence-corrected chi connectivity index (χ1v) is 1.97. The molecule has 4 heteroatoms. The molecule has 0 saturated heterocycles. The first kappa shape index (κ1) is 6.49. The van der Waals surface area contributed by atoms with E-state index in [-0.39, 0.29) is 6.33 Å². The summed E-state index contributed by atoms with van der Waals surface area (Å²) < 4.78 is 12.8. The topological polar surface area (TPSA) is 29.1 Å². The van der Waals surface area contributed by atoms with Crippen LogP contribution >= 0.6 is 12.8 Å². The smallest absolute Gasteiger partial charge is 0.255 e. The van der Waals surface area contributed by atoms with E-state index in [0.717, 1.165) is 6.08 Å². The number of hydrogen-bond acceptors (Lipinski definition) is 2. The molecule has 0 rings (SSSR count). The fraction of sp³-hybridized carbons (Fsp3) is 0. The average Bonchev–Trinajstić information content (AvgIpc) is 1.68. The predicted molar refractivity (Wildman–Crippen MR) is 27.4 cm³/mol. The summed E-state index contributed by atoms with van der Waals surface area (Å²) in [6.45, 7) is 0. The lowest BCUT2D eigenvalue weighted by atomic mass is 10.6. The lowest BCUT2D eigenvalue weighted by Crippen LogP contribution is -2.06. The molecule has 0 atom stereocenters. The minimum absolute atomic E-state index is 0.144. The van der Waals surface area contributed by atoms with Crippen LogP contribution in [0.4, 0.5) is 4.39 Å². The van der Waals surface area contributed by atoms with Crippen LogP contribution in [0.5, 0.6) is 0 Å². The molecule has 0 aliphatic rings. The highest BCUT2D eigenvalue weighted by atomic mass is 32.1. The van der Waals surface area contributed by atoms with E-state index >= 15 is 0 Å². The number of rotatable bonds is 1. The van der Waals surface area contributed by atoms with Gasteiger partial charge in [0, 0.05) is 6.08 Å². The number of halogens is 1. The molecule has 0 aromatic carbocycles. The van der Waals surface area contributed by atoms with Gasteiger partial charge < -0.3 is 0 Å². The lowest BCUT2D eigenvalue weighted by Gasteiger charge is -1.81. The fourth-order valence-electron chi connectivity index (χ4n) is 0.0945. The van der Waals surface area contributed by atoms with Crippen molar-refractivity contribution in [1.29, 1.82) is 0 Å². The zero-order valence-corrected chi connectivity index (χ0v) is 4.28. The van der Waals surface area contributed by atoms with E-state index in [4.69, 9.17) is 0 Å². The van der Waals surface area contributed by atoms with Gasteiger partial charge in [-0.1, -0.05) is 12.8 Å². The summed E-state index contributed by atoms with van der Waals surface area (Å²) in [5.41, 5.74) is 0. The van der Waals surface area contributed by atoms with Gasteiger partial charge in [0.2, 0.25) is 0 Å². The Kier molecular flexibility index (Phi) is 3.40. The Bertz CT molecular complexity index is 92.9.